The molecule has 0 bridgehead atoms. The van der Waals surface area contributed by atoms with Crippen molar-refractivity contribution in [3.63, 3.8) is 0 Å². The van der Waals surface area contributed by atoms with Crippen LogP contribution in [0.5, 0.6) is 0 Å². The Hall–Kier alpha value is -4.18. The molecule has 0 fully saturated rings. The van der Waals surface area contributed by atoms with Crippen molar-refractivity contribution in [3.8, 4) is 22.8 Å². The number of aromatic nitrogens is 4. The fraction of sp³-hybridized carbons (Fsp3) is 0.188. The van der Waals surface area contributed by atoms with Crippen LogP contribution in [0.25, 0.3) is 22.8 Å². The lowest BCUT2D eigenvalue weighted by Crippen LogP contribution is -2.00. The van der Waals surface area contributed by atoms with E-state index in [1.54, 1.807) is 0 Å². The molecule has 4 nitrogen and oxygen atoms in total. The Labute approximate surface area is 213 Å². The van der Waals surface area contributed by atoms with E-state index in [-0.39, 0.29) is 0 Å². The standard InChI is InChI=1S/C32H30N4/c1-23-11-15-33-29(19-23)31-21-25(13-17-35-31)7-9-27-5-3-4-6-28(27)10-8-26-14-18-36-32(22-26)30-20-24(2)12-16-34-30/h3-6,11-22H,7-10H2,1-2H3. The van der Waals surface area contributed by atoms with Crippen LogP contribution < -0.4 is 0 Å². The van der Waals surface area contributed by atoms with E-state index in [0.717, 1.165) is 48.5 Å². The molecule has 0 unspecified atom stereocenters. The summed E-state index contributed by atoms with van der Waals surface area (Å²) in [5, 5.41) is 0. The molecule has 0 atom stereocenters. The Balaban J connectivity index is 1.27. The van der Waals surface area contributed by atoms with Gasteiger partial charge in [0.1, 0.15) is 0 Å². The smallest absolute Gasteiger partial charge is 0.0888 e. The zero-order valence-corrected chi connectivity index (χ0v) is 20.9. The molecular weight excluding hydrogens is 440 g/mol. The van der Waals surface area contributed by atoms with Gasteiger partial charge in [0, 0.05) is 24.8 Å². The van der Waals surface area contributed by atoms with Crippen LogP contribution in [0.15, 0.2) is 97.6 Å². The molecular formula is C32H30N4. The van der Waals surface area contributed by atoms with E-state index >= 15 is 0 Å². The van der Waals surface area contributed by atoms with Crippen molar-refractivity contribution in [3.05, 3.63) is 131 Å². The molecule has 4 heteroatoms. The molecule has 0 saturated heterocycles. The van der Waals surface area contributed by atoms with E-state index in [4.69, 9.17) is 0 Å². The molecule has 0 spiro atoms. The average Bonchev–Trinajstić information content (AvgIpc) is 2.91. The highest BCUT2D eigenvalue weighted by molar-refractivity contribution is 5.56. The molecule has 178 valence electrons. The highest BCUT2D eigenvalue weighted by Crippen LogP contribution is 2.21. The highest BCUT2D eigenvalue weighted by atomic mass is 14.8. The van der Waals surface area contributed by atoms with E-state index in [1.165, 1.54) is 33.4 Å². The lowest BCUT2D eigenvalue weighted by molar-refractivity contribution is 0.891. The Kier molecular flexibility index (Phi) is 7.23. The molecule has 0 aliphatic rings. The van der Waals surface area contributed by atoms with E-state index in [1.807, 2.05) is 36.9 Å². The molecule has 0 amide bonds. The van der Waals surface area contributed by atoms with Crippen LogP contribution in [0.3, 0.4) is 0 Å². The number of hydrogen-bond acceptors (Lipinski definition) is 4. The molecule has 0 aliphatic heterocycles. The number of aryl methyl sites for hydroxylation is 6. The number of rotatable bonds is 8. The Morgan fingerprint density at radius 2 is 0.833 bits per heavy atom. The third-order valence-corrected chi connectivity index (χ3v) is 6.49. The number of benzene rings is 1. The van der Waals surface area contributed by atoms with Gasteiger partial charge in [0.05, 0.1) is 22.8 Å². The molecule has 0 N–H and O–H groups in total. The van der Waals surface area contributed by atoms with Crippen molar-refractivity contribution in [2.75, 3.05) is 0 Å². The minimum Gasteiger partial charge on any atom is -0.255 e. The summed E-state index contributed by atoms with van der Waals surface area (Å²) < 4.78 is 0. The second-order valence-electron chi connectivity index (χ2n) is 9.30. The van der Waals surface area contributed by atoms with Gasteiger partial charge in [0.25, 0.3) is 0 Å². The number of hydrogen-bond donors (Lipinski definition) is 0. The highest BCUT2D eigenvalue weighted by Gasteiger charge is 2.08. The van der Waals surface area contributed by atoms with Crippen LogP contribution in [-0.4, -0.2) is 19.9 Å². The quantitative estimate of drug-likeness (QED) is 0.251. The fourth-order valence-corrected chi connectivity index (χ4v) is 4.50. The Morgan fingerprint density at radius 3 is 1.25 bits per heavy atom. The summed E-state index contributed by atoms with van der Waals surface area (Å²) in [5.41, 5.74) is 11.5. The van der Waals surface area contributed by atoms with Crippen molar-refractivity contribution in [2.45, 2.75) is 39.5 Å². The SMILES string of the molecule is Cc1ccnc(-c2cc(CCc3ccccc3CCc3ccnc(-c4cc(C)ccn4)c3)ccn2)c1. The Bertz CT molecular complexity index is 1360. The zero-order chi connectivity index (χ0) is 24.7. The van der Waals surface area contributed by atoms with Gasteiger partial charge in [-0.15, -0.1) is 0 Å². The van der Waals surface area contributed by atoms with Gasteiger partial charge in [-0.1, -0.05) is 24.3 Å². The second kappa shape index (κ2) is 11.0. The first-order valence-corrected chi connectivity index (χ1v) is 12.5. The van der Waals surface area contributed by atoms with Gasteiger partial charge in [0.2, 0.25) is 0 Å². The number of nitrogens with zero attached hydrogens (tertiary/aromatic N) is 4. The molecule has 0 saturated carbocycles. The van der Waals surface area contributed by atoms with Gasteiger partial charge >= 0.3 is 0 Å². The molecule has 0 radical (unpaired) electrons. The van der Waals surface area contributed by atoms with Crippen molar-refractivity contribution in [1.82, 2.24) is 19.9 Å². The molecule has 5 aromatic rings. The molecule has 36 heavy (non-hydrogen) atoms. The third-order valence-electron chi connectivity index (χ3n) is 6.49. The minimum absolute atomic E-state index is 0.926. The van der Waals surface area contributed by atoms with Gasteiger partial charge in [-0.3, -0.25) is 19.9 Å². The predicted octanol–water partition coefficient (Wildman–Crippen LogP) is 6.79. The first kappa shape index (κ1) is 23.6. The lowest BCUT2D eigenvalue weighted by atomic mass is 9.95. The molecule has 4 heterocycles. The first-order valence-electron chi connectivity index (χ1n) is 12.5. The van der Waals surface area contributed by atoms with Crippen molar-refractivity contribution in [2.24, 2.45) is 0 Å². The maximum absolute atomic E-state index is 4.55. The van der Waals surface area contributed by atoms with Crippen LogP contribution >= 0.6 is 0 Å². The van der Waals surface area contributed by atoms with Gasteiger partial charge < -0.3 is 0 Å². The number of pyridine rings is 4. The van der Waals surface area contributed by atoms with Crippen LogP contribution in [0, 0.1) is 13.8 Å². The topological polar surface area (TPSA) is 51.6 Å². The van der Waals surface area contributed by atoms with Gasteiger partial charge in [-0.2, -0.15) is 0 Å². The maximum Gasteiger partial charge on any atom is 0.0888 e. The van der Waals surface area contributed by atoms with Crippen molar-refractivity contribution >= 4 is 0 Å². The van der Waals surface area contributed by atoms with E-state index in [9.17, 15) is 0 Å². The first-order chi connectivity index (χ1) is 17.6. The van der Waals surface area contributed by atoms with Crippen LogP contribution in [0.2, 0.25) is 0 Å². The van der Waals surface area contributed by atoms with Gasteiger partial charge in [0.15, 0.2) is 0 Å². The maximum atomic E-state index is 4.55. The summed E-state index contributed by atoms with van der Waals surface area (Å²) in [4.78, 5) is 18.1. The van der Waals surface area contributed by atoms with E-state index < -0.39 is 0 Å². The fourth-order valence-electron chi connectivity index (χ4n) is 4.50. The van der Waals surface area contributed by atoms with Gasteiger partial charge in [-0.25, -0.2) is 0 Å². The van der Waals surface area contributed by atoms with Crippen molar-refractivity contribution < 1.29 is 0 Å². The van der Waals surface area contributed by atoms with Gasteiger partial charge in [-0.05, 0) is 121 Å². The largest absolute Gasteiger partial charge is 0.255 e. The van der Waals surface area contributed by atoms with Crippen LogP contribution in [0.1, 0.15) is 33.4 Å². The zero-order valence-electron chi connectivity index (χ0n) is 20.9. The second-order valence-corrected chi connectivity index (χ2v) is 9.30. The summed E-state index contributed by atoms with van der Waals surface area (Å²) in [7, 11) is 0. The summed E-state index contributed by atoms with van der Waals surface area (Å²) in [5.74, 6) is 0. The molecule has 1 aromatic carbocycles. The molecule has 0 aliphatic carbocycles. The van der Waals surface area contributed by atoms with E-state index in [0.29, 0.717) is 0 Å². The summed E-state index contributed by atoms with van der Waals surface area (Å²) in [6.45, 7) is 4.16. The summed E-state index contributed by atoms with van der Waals surface area (Å²) in [6.07, 6.45) is 11.4. The predicted molar refractivity (Wildman–Crippen MR) is 146 cm³/mol. The van der Waals surface area contributed by atoms with Crippen LogP contribution in [0.4, 0.5) is 0 Å². The third kappa shape index (κ3) is 5.89. The summed E-state index contributed by atoms with van der Waals surface area (Å²) in [6, 6.07) is 25.5. The average molecular weight is 471 g/mol. The summed E-state index contributed by atoms with van der Waals surface area (Å²) >= 11 is 0. The molecule has 5 rings (SSSR count). The Morgan fingerprint density at radius 1 is 0.444 bits per heavy atom. The van der Waals surface area contributed by atoms with Crippen LogP contribution in [-0.2, 0) is 25.7 Å². The lowest BCUT2D eigenvalue weighted by Gasteiger charge is -2.11. The monoisotopic (exact) mass is 470 g/mol. The van der Waals surface area contributed by atoms with Crippen molar-refractivity contribution in [1.29, 1.82) is 0 Å². The van der Waals surface area contributed by atoms with E-state index in [2.05, 4.69) is 94.4 Å². The normalized spacial score (nSPS) is 10.9. The molecule has 4 aromatic heterocycles. The minimum atomic E-state index is 0.926.